The molecule has 31 heavy (non-hydrogen) atoms. The first kappa shape index (κ1) is 25.7. The maximum Gasteiger partial charge on any atom is 0.261 e. The van der Waals surface area contributed by atoms with Crippen LogP contribution in [-0.4, -0.2) is 55.3 Å². The van der Waals surface area contributed by atoms with Gasteiger partial charge in [-0.15, -0.1) is 24.2 Å². The van der Waals surface area contributed by atoms with E-state index in [1.54, 1.807) is 35.9 Å². The molecule has 1 amide bonds. The third-order valence-corrected chi connectivity index (χ3v) is 7.35. The molecule has 0 radical (unpaired) electrons. The van der Waals surface area contributed by atoms with Gasteiger partial charge in [-0.2, -0.15) is 0 Å². The van der Waals surface area contributed by atoms with Crippen LogP contribution in [0.3, 0.4) is 0 Å². The van der Waals surface area contributed by atoms with E-state index in [1.165, 1.54) is 11.3 Å². The van der Waals surface area contributed by atoms with Crippen LogP contribution in [0.1, 0.15) is 24.2 Å². The van der Waals surface area contributed by atoms with Crippen LogP contribution >= 0.6 is 47.1 Å². The van der Waals surface area contributed by atoms with Crippen molar-refractivity contribution < 1.29 is 9.53 Å². The van der Waals surface area contributed by atoms with Gasteiger partial charge in [0.15, 0.2) is 5.13 Å². The number of thiazole rings is 1. The molecule has 0 N–H and O–H groups in total. The van der Waals surface area contributed by atoms with Crippen LogP contribution in [0.15, 0.2) is 41.3 Å². The minimum atomic E-state index is -0.0544. The van der Waals surface area contributed by atoms with Gasteiger partial charge in [-0.1, -0.05) is 48.9 Å². The Kier molecular flexibility index (Phi) is 9.90. The van der Waals surface area contributed by atoms with Crippen molar-refractivity contribution in [1.82, 2.24) is 9.88 Å². The van der Waals surface area contributed by atoms with E-state index in [9.17, 15) is 4.79 Å². The first-order valence-electron chi connectivity index (χ1n) is 9.84. The largest absolute Gasteiger partial charge is 0.494 e. The van der Waals surface area contributed by atoms with Gasteiger partial charge >= 0.3 is 0 Å². The Labute approximate surface area is 203 Å². The summed E-state index contributed by atoms with van der Waals surface area (Å²) in [6.07, 6.45) is 1.98. The summed E-state index contributed by atoms with van der Waals surface area (Å²) in [5.74, 6) is 0.596. The molecular weight excluding hydrogens is 473 g/mol. The SMILES string of the molecule is CCN(CC)CCN(C(=O)c1ccccc1SC)c1nc2c(OC)ccc(Cl)c2s1.Cl. The number of likely N-dealkylation sites (N-methyl/N-ethyl adjacent to an activating group) is 1. The number of carbonyl (C=O) groups is 1. The highest BCUT2D eigenvalue weighted by Crippen LogP contribution is 2.39. The van der Waals surface area contributed by atoms with Crippen LogP contribution in [0.2, 0.25) is 5.02 Å². The van der Waals surface area contributed by atoms with Gasteiger partial charge in [0.25, 0.3) is 5.91 Å². The lowest BCUT2D eigenvalue weighted by Crippen LogP contribution is -2.39. The van der Waals surface area contributed by atoms with E-state index in [-0.39, 0.29) is 18.3 Å². The molecule has 0 aliphatic heterocycles. The summed E-state index contributed by atoms with van der Waals surface area (Å²) in [7, 11) is 1.61. The van der Waals surface area contributed by atoms with E-state index >= 15 is 0 Å². The zero-order chi connectivity index (χ0) is 21.7. The van der Waals surface area contributed by atoms with E-state index in [0.717, 1.165) is 29.2 Å². The third-order valence-electron chi connectivity index (χ3n) is 5.01. The molecule has 0 spiro atoms. The van der Waals surface area contributed by atoms with Crippen LogP contribution in [0.4, 0.5) is 5.13 Å². The molecule has 0 aliphatic rings. The zero-order valence-corrected chi connectivity index (χ0v) is 21.3. The van der Waals surface area contributed by atoms with E-state index in [2.05, 4.69) is 18.7 Å². The summed E-state index contributed by atoms with van der Waals surface area (Å²) < 4.78 is 6.28. The number of benzene rings is 2. The van der Waals surface area contributed by atoms with Crippen molar-refractivity contribution in [2.75, 3.05) is 44.4 Å². The number of fused-ring (bicyclic) bond motifs is 1. The summed E-state index contributed by atoms with van der Waals surface area (Å²) in [5.41, 5.74) is 1.37. The number of methoxy groups -OCH3 is 1. The molecule has 3 aromatic rings. The van der Waals surface area contributed by atoms with Crippen molar-refractivity contribution in [1.29, 1.82) is 0 Å². The quantitative estimate of drug-likeness (QED) is 0.333. The van der Waals surface area contributed by atoms with Gasteiger partial charge in [-0.3, -0.25) is 9.69 Å². The number of hydrogen-bond acceptors (Lipinski definition) is 6. The molecule has 1 aromatic heterocycles. The average Bonchev–Trinajstić information content (AvgIpc) is 3.22. The maximum atomic E-state index is 13.6. The molecule has 0 atom stereocenters. The van der Waals surface area contributed by atoms with Gasteiger partial charge in [-0.25, -0.2) is 4.98 Å². The molecule has 0 unspecified atom stereocenters. The smallest absolute Gasteiger partial charge is 0.261 e. The topological polar surface area (TPSA) is 45.7 Å². The standard InChI is InChI=1S/C22H26ClN3O2S2.ClH/c1-5-25(6-2)13-14-26(21(27)15-9-7-8-10-18(15)29-4)22-24-19-17(28-3)12-11-16(23)20(19)30-22;/h7-12H,5-6,13-14H2,1-4H3;1H. The normalized spacial score (nSPS) is 10.9. The van der Waals surface area contributed by atoms with Crippen LogP contribution in [0.5, 0.6) is 5.75 Å². The van der Waals surface area contributed by atoms with E-state index in [1.807, 2.05) is 30.5 Å². The summed E-state index contributed by atoms with van der Waals surface area (Å²) in [6, 6.07) is 11.3. The Bertz CT molecular complexity index is 1030. The summed E-state index contributed by atoms with van der Waals surface area (Å²) in [4.78, 5) is 23.4. The molecule has 3 rings (SSSR count). The molecule has 0 saturated carbocycles. The minimum absolute atomic E-state index is 0. The van der Waals surface area contributed by atoms with Crippen molar-refractivity contribution >= 4 is 68.4 Å². The Hall–Kier alpha value is -1.51. The van der Waals surface area contributed by atoms with Gasteiger partial charge in [0, 0.05) is 18.0 Å². The van der Waals surface area contributed by atoms with Crippen molar-refractivity contribution in [2.24, 2.45) is 0 Å². The lowest BCUT2D eigenvalue weighted by atomic mass is 10.2. The number of thioether (sulfide) groups is 1. The molecule has 1 heterocycles. The number of nitrogens with zero attached hydrogens (tertiary/aromatic N) is 3. The Morgan fingerprint density at radius 1 is 1.16 bits per heavy atom. The Morgan fingerprint density at radius 2 is 1.87 bits per heavy atom. The summed E-state index contributed by atoms with van der Waals surface area (Å²) in [6.45, 7) is 7.42. The average molecular weight is 501 g/mol. The predicted octanol–water partition coefficient (Wildman–Crippen LogP) is 6.09. The molecule has 5 nitrogen and oxygen atoms in total. The summed E-state index contributed by atoms with van der Waals surface area (Å²) in [5, 5.41) is 1.24. The predicted molar refractivity (Wildman–Crippen MR) is 136 cm³/mol. The number of carbonyl (C=O) groups excluding carboxylic acids is 1. The Balaban J connectivity index is 0.00000341. The molecule has 9 heteroatoms. The van der Waals surface area contributed by atoms with Gasteiger partial charge in [0.1, 0.15) is 11.3 Å². The molecule has 168 valence electrons. The first-order chi connectivity index (χ1) is 14.5. The third kappa shape index (κ3) is 5.65. The zero-order valence-electron chi connectivity index (χ0n) is 18.1. The van der Waals surface area contributed by atoms with Crippen molar-refractivity contribution in [3.05, 3.63) is 47.0 Å². The lowest BCUT2D eigenvalue weighted by molar-refractivity contribution is 0.0981. The fourth-order valence-electron chi connectivity index (χ4n) is 3.25. The van der Waals surface area contributed by atoms with Gasteiger partial charge in [0.2, 0.25) is 0 Å². The Morgan fingerprint density at radius 3 is 2.52 bits per heavy atom. The van der Waals surface area contributed by atoms with Gasteiger partial charge in [0.05, 0.1) is 22.4 Å². The number of rotatable bonds is 9. The van der Waals surface area contributed by atoms with Crippen molar-refractivity contribution in [3.8, 4) is 5.75 Å². The highest BCUT2D eigenvalue weighted by atomic mass is 35.5. The molecule has 0 fully saturated rings. The van der Waals surface area contributed by atoms with Crippen LogP contribution < -0.4 is 9.64 Å². The first-order valence-corrected chi connectivity index (χ1v) is 12.3. The molecule has 0 bridgehead atoms. The summed E-state index contributed by atoms with van der Waals surface area (Å²) >= 11 is 9.41. The van der Waals surface area contributed by atoms with E-state index in [4.69, 9.17) is 21.3 Å². The lowest BCUT2D eigenvalue weighted by Gasteiger charge is -2.25. The molecule has 2 aromatic carbocycles. The van der Waals surface area contributed by atoms with Crippen LogP contribution in [0.25, 0.3) is 10.2 Å². The number of halogens is 2. The second-order valence-corrected chi connectivity index (χ2v) is 8.84. The second kappa shape index (κ2) is 11.9. The highest BCUT2D eigenvalue weighted by Gasteiger charge is 2.25. The van der Waals surface area contributed by atoms with Gasteiger partial charge < -0.3 is 9.64 Å². The highest BCUT2D eigenvalue weighted by molar-refractivity contribution is 7.98. The minimum Gasteiger partial charge on any atom is -0.494 e. The van der Waals surface area contributed by atoms with E-state index < -0.39 is 0 Å². The fourth-order valence-corrected chi connectivity index (χ4v) is 5.12. The molecule has 0 saturated heterocycles. The number of aromatic nitrogens is 1. The van der Waals surface area contributed by atoms with Crippen molar-refractivity contribution in [2.45, 2.75) is 18.7 Å². The maximum absolute atomic E-state index is 13.6. The molecule has 0 aliphatic carbocycles. The number of amides is 1. The monoisotopic (exact) mass is 499 g/mol. The number of ether oxygens (including phenoxy) is 1. The fraction of sp³-hybridized carbons (Fsp3) is 0.364. The second-order valence-electron chi connectivity index (χ2n) is 6.61. The van der Waals surface area contributed by atoms with E-state index in [0.29, 0.717) is 33.5 Å². The van der Waals surface area contributed by atoms with Crippen LogP contribution in [-0.2, 0) is 0 Å². The van der Waals surface area contributed by atoms with Crippen molar-refractivity contribution in [3.63, 3.8) is 0 Å². The van der Waals surface area contributed by atoms with Gasteiger partial charge in [-0.05, 0) is 43.6 Å². The molecular formula is C22H27Cl2N3O2S2. The van der Waals surface area contributed by atoms with Crippen LogP contribution in [0, 0.1) is 0 Å². The number of hydrogen-bond donors (Lipinski definition) is 0. The number of anilines is 1.